The van der Waals surface area contributed by atoms with Crippen molar-refractivity contribution in [3.63, 3.8) is 0 Å². The number of nitrogens with one attached hydrogen (secondary N) is 2. The summed E-state index contributed by atoms with van der Waals surface area (Å²) < 4.78 is 20.9. The van der Waals surface area contributed by atoms with Crippen LogP contribution in [0.1, 0.15) is 33.9 Å². The minimum absolute atomic E-state index is 0.348. The van der Waals surface area contributed by atoms with Crippen LogP contribution in [0.5, 0.6) is 5.75 Å². The Hall–Kier alpha value is -3.41. The highest BCUT2D eigenvalue weighted by atomic mass is 32.2. The van der Waals surface area contributed by atoms with Crippen molar-refractivity contribution >= 4 is 17.0 Å². The maximum Gasteiger partial charge on any atom is 0.316 e. The van der Waals surface area contributed by atoms with Gasteiger partial charge in [0.15, 0.2) is 0 Å². The fraction of sp³-hybridized carbons (Fsp3) is 0.200. The quantitative estimate of drug-likeness (QED) is 0.317. The van der Waals surface area contributed by atoms with Gasteiger partial charge in [0.05, 0.1) is 5.69 Å². The molecule has 35 heavy (non-hydrogen) atoms. The van der Waals surface area contributed by atoms with Gasteiger partial charge >= 0.3 is 11.3 Å². The monoisotopic (exact) mass is 482 g/mol. The maximum absolute atomic E-state index is 12.5. The van der Waals surface area contributed by atoms with Crippen LogP contribution in [-0.2, 0) is 24.1 Å². The summed E-state index contributed by atoms with van der Waals surface area (Å²) in [4.78, 5) is 0. The number of aryl methyl sites for hydroxylation is 2. The summed E-state index contributed by atoms with van der Waals surface area (Å²) in [5.74, 6) is 0.577. The Morgan fingerprint density at radius 2 is 1.69 bits per heavy atom. The van der Waals surface area contributed by atoms with Gasteiger partial charge in [0.1, 0.15) is 5.75 Å². The van der Waals surface area contributed by atoms with E-state index in [1.54, 1.807) is 6.07 Å². The molecule has 5 rings (SSSR count). The molecule has 0 aromatic heterocycles. The van der Waals surface area contributed by atoms with Crippen LogP contribution in [-0.4, -0.2) is 10.8 Å². The smallest absolute Gasteiger partial charge is 0.316 e. The molecule has 4 aromatic rings. The molecule has 1 aliphatic heterocycles. The first-order valence-electron chi connectivity index (χ1n) is 12.0. The summed E-state index contributed by atoms with van der Waals surface area (Å²) in [5, 5.41) is 3.69. The lowest BCUT2D eigenvalue weighted by molar-refractivity contribution is 0.502. The van der Waals surface area contributed by atoms with E-state index in [4.69, 9.17) is 4.18 Å². The lowest BCUT2D eigenvalue weighted by Crippen LogP contribution is -2.31. The molecule has 1 heterocycles. The van der Waals surface area contributed by atoms with Crippen molar-refractivity contribution in [2.45, 2.75) is 32.7 Å². The van der Waals surface area contributed by atoms with Crippen LogP contribution in [0.2, 0.25) is 0 Å². The van der Waals surface area contributed by atoms with Gasteiger partial charge in [-0.1, -0.05) is 72.3 Å². The van der Waals surface area contributed by atoms with E-state index in [9.17, 15) is 4.21 Å². The average Bonchev–Trinajstić information content (AvgIpc) is 2.84. The molecule has 0 saturated heterocycles. The van der Waals surface area contributed by atoms with E-state index in [-0.39, 0.29) is 0 Å². The maximum atomic E-state index is 12.5. The molecule has 4 aromatic carbocycles. The van der Waals surface area contributed by atoms with E-state index in [2.05, 4.69) is 65.5 Å². The molecule has 0 radical (unpaired) electrons. The summed E-state index contributed by atoms with van der Waals surface area (Å²) in [6.45, 7) is 5.16. The lowest BCUT2D eigenvalue weighted by Gasteiger charge is -2.27. The van der Waals surface area contributed by atoms with Gasteiger partial charge in [-0.3, -0.25) is 4.72 Å². The molecule has 4 nitrogen and oxygen atoms in total. The van der Waals surface area contributed by atoms with Crippen molar-refractivity contribution in [2.75, 3.05) is 11.3 Å². The Bertz CT molecular complexity index is 1350. The van der Waals surface area contributed by atoms with Gasteiger partial charge in [0.2, 0.25) is 0 Å². The van der Waals surface area contributed by atoms with E-state index >= 15 is 0 Å². The highest BCUT2D eigenvalue weighted by molar-refractivity contribution is 7.81. The van der Waals surface area contributed by atoms with Crippen molar-refractivity contribution in [1.29, 1.82) is 0 Å². The molecule has 1 aliphatic rings. The summed E-state index contributed by atoms with van der Waals surface area (Å²) in [6.07, 6.45) is 2.06. The van der Waals surface area contributed by atoms with E-state index in [0.29, 0.717) is 11.8 Å². The van der Waals surface area contributed by atoms with Gasteiger partial charge in [0.25, 0.3) is 0 Å². The Morgan fingerprint density at radius 3 is 2.51 bits per heavy atom. The van der Waals surface area contributed by atoms with Crippen molar-refractivity contribution in [1.82, 2.24) is 5.32 Å². The Morgan fingerprint density at radius 1 is 0.886 bits per heavy atom. The second kappa shape index (κ2) is 10.5. The van der Waals surface area contributed by atoms with Gasteiger partial charge in [0, 0.05) is 6.04 Å². The highest BCUT2D eigenvalue weighted by Gasteiger charge is 2.19. The summed E-state index contributed by atoms with van der Waals surface area (Å²) in [6, 6.07) is 31.3. The fourth-order valence-corrected chi connectivity index (χ4v) is 5.31. The zero-order valence-corrected chi connectivity index (χ0v) is 20.9. The van der Waals surface area contributed by atoms with Gasteiger partial charge in [-0.25, -0.2) is 0 Å². The van der Waals surface area contributed by atoms with Crippen molar-refractivity contribution in [3.05, 3.63) is 119 Å². The SMILES string of the molecule is Cc1cccc(OS(=O)Nc2cccc(-c3ccc(CC4NCCc5cc(C)ccc54)cc3)c2)c1. The number of hydrogen-bond acceptors (Lipinski definition) is 3. The molecule has 2 N–H and O–H groups in total. The number of hydrogen-bond donors (Lipinski definition) is 2. The van der Waals surface area contributed by atoms with Gasteiger partial charge in [-0.15, -0.1) is 0 Å². The minimum Gasteiger partial charge on any atom is -0.385 e. The Balaban J connectivity index is 1.25. The lowest BCUT2D eigenvalue weighted by atomic mass is 9.89. The van der Waals surface area contributed by atoms with E-state index in [1.165, 1.54) is 22.3 Å². The predicted octanol–water partition coefficient (Wildman–Crippen LogP) is 6.47. The van der Waals surface area contributed by atoms with Crippen LogP contribution >= 0.6 is 0 Å². The molecule has 0 amide bonds. The second-order valence-electron chi connectivity index (χ2n) is 9.18. The van der Waals surface area contributed by atoms with Crippen LogP contribution in [0, 0.1) is 13.8 Å². The van der Waals surface area contributed by atoms with Gasteiger partial charge < -0.3 is 9.50 Å². The van der Waals surface area contributed by atoms with Crippen LogP contribution in [0.25, 0.3) is 11.1 Å². The third kappa shape index (κ3) is 5.81. The highest BCUT2D eigenvalue weighted by Crippen LogP contribution is 2.29. The van der Waals surface area contributed by atoms with Gasteiger partial charge in [-0.05, 0) is 90.9 Å². The zero-order valence-electron chi connectivity index (χ0n) is 20.1. The first-order chi connectivity index (χ1) is 17.0. The standard InChI is InChI=1S/C30H30N2O2S/c1-21-5-3-8-28(18-21)34-35(33)32-27-7-4-6-25(20-27)24-12-10-23(11-13-24)19-30-29-14-9-22(2)17-26(29)15-16-31-30/h3-14,17-18,20,30-32H,15-16,19H2,1-2H3. The van der Waals surface area contributed by atoms with Gasteiger partial charge in [-0.2, -0.15) is 4.21 Å². The second-order valence-corrected chi connectivity index (χ2v) is 10.0. The largest absolute Gasteiger partial charge is 0.385 e. The Kier molecular flexibility index (Phi) is 6.98. The molecule has 5 heteroatoms. The molecule has 0 spiro atoms. The van der Waals surface area contributed by atoms with E-state index in [0.717, 1.165) is 41.8 Å². The number of rotatable bonds is 7. The number of anilines is 1. The molecular formula is C30H30N2O2S. The van der Waals surface area contributed by atoms with Crippen molar-refractivity contribution in [2.24, 2.45) is 0 Å². The first-order valence-corrected chi connectivity index (χ1v) is 13.1. The van der Waals surface area contributed by atoms with Crippen LogP contribution in [0.3, 0.4) is 0 Å². The fourth-order valence-electron chi connectivity index (χ4n) is 4.67. The number of benzene rings is 4. The zero-order chi connectivity index (χ0) is 24.2. The summed E-state index contributed by atoms with van der Waals surface area (Å²) in [5.41, 5.74) is 9.52. The molecule has 0 saturated carbocycles. The molecule has 0 aliphatic carbocycles. The Labute approximate surface area is 210 Å². The predicted molar refractivity (Wildman–Crippen MR) is 145 cm³/mol. The van der Waals surface area contributed by atoms with Crippen LogP contribution < -0.4 is 14.2 Å². The van der Waals surface area contributed by atoms with Crippen LogP contribution in [0.4, 0.5) is 5.69 Å². The summed E-state index contributed by atoms with van der Waals surface area (Å²) >= 11 is -1.68. The van der Waals surface area contributed by atoms with Crippen molar-refractivity contribution in [3.8, 4) is 16.9 Å². The molecular weight excluding hydrogens is 452 g/mol. The third-order valence-corrected chi connectivity index (χ3v) is 7.16. The third-order valence-electron chi connectivity index (χ3n) is 6.41. The molecule has 0 fully saturated rings. The van der Waals surface area contributed by atoms with E-state index in [1.807, 2.05) is 43.3 Å². The van der Waals surface area contributed by atoms with Crippen molar-refractivity contribution < 1.29 is 8.39 Å². The summed E-state index contributed by atoms with van der Waals surface area (Å²) in [7, 11) is 0. The molecule has 178 valence electrons. The average molecular weight is 483 g/mol. The first kappa shape index (κ1) is 23.3. The number of fused-ring (bicyclic) bond motifs is 1. The molecule has 2 atom stereocenters. The molecule has 2 unspecified atom stereocenters. The topological polar surface area (TPSA) is 50.4 Å². The van der Waals surface area contributed by atoms with E-state index < -0.39 is 11.3 Å². The minimum atomic E-state index is -1.68. The molecule has 0 bridgehead atoms. The normalized spacial score (nSPS) is 15.8. The van der Waals surface area contributed by atoms with Crippen LogP contribution in [0.15, 0.2) is 91.0 Å².